The summed E-state index contributed by atoms with van der Waals surface area (Å²) in [6.07, 6.45) is 6.88. The maximum absolute atomic E-state index is 12.5. The Hall–Kier alpha value is -3.29. The zero-order chi connectivity index (χ0) is 19.5. The Labute approximate surface area is 162 Å². The molecule has 1 saturated heterocycles. The van der Waals surface area contributed by atoms with Gasteiger partial charge in [-0.05, 0) is 36.6 Å². The summed E-state index contributed by atoms with van der Waals surface area (Å²) in [6.45, 7) is 3.48. The quantitative estimate of drug-likeness (QED) is 0.725. The van der Waals surface area contributed by atoms with Crippen molar-refractivity contribution in [3.8, 4) is 0 Å². The number of hydrogen-bond acceptors (Lipinski definition) is 5. The average Bonchev–Trinajstić information content (AvgIpc) is 3.35. The summed E-state index contributed by atoms with van der Waals surface area (Å²) in [7, 11) is 0. The molecule has 4 rings (SSSR count). The van der Waals surface area contributed by atoms with Crippen molar-refractivity contribution in [2.24, 2.45) is 0 Å². The van der Waals surface area contributed by atoms with Crippen molar-refractivity contribution in [1.29, 1.82) is 0 Å². The number of hydrogen-bond donors (Lipinski definition) is 1. The van der Waals surface area contributed by atoms with E-state index in [0.29, 0.717) is 24.3 Å². The predicted octanol–water partition coefficient (Wildman–Crippen LogP) is 1.43. The van der Waals surface area contributed by atoms with E-state index >= 15 is 0 Å². The molecule has 0 aliphatic carbocycles. The Balaban J connectivity index is 1.46. The summed E-state index contributed by atoms with van der Waals surface area (Å²) < 4.78 is 1.87. The summed E-state index contributed by atoms with van der Waals surface area (Å²) >= 11 is 0. The van der Waals surface area contributed by atoms with Crippen LogP contribution < -0.4 is 5.32 Å². The van der Waals surface area contributed by atoms with Crippen molar-refractivity contribution < 1.29 is 9.59 Å². The molecule has 3 aromatic heterocycles. The molecular formula is C20H22N6O2. The molecular weight excluding hydrogens is 356 g/mol. The lowest BCUT2D eigenvalue weighted by Gasteiger charge is -2.13. The van der Waals surface area contributed by atoms with Crippen molar-refractivity contribution in [1.82, 2.24) is 29.8 Å². The van der Waals surface area contributed by atoms with Crippen LogP contribution in [0.5, 0.6) is 0 Å². The van der Waals surface area contributed by atoms with Crippen molar-refractivity contribution in [3.63, 3.8) is 0 Å². The third-order valence-corrected chi connectivity index (χ3v) is 5.11. The van der Waals surface area contributed by atoms with Crippen LogP contribution in [-0.2, 0) is 11.2 Å². The second-order valence-electron chi connectivity index (χ2n) is 7.02. The van der Waals surface area contributed by atoms with Crippen LogP contribution >= 0.6 is 0 Å². The first-order valence-electron chi connectivity index (χ1n) is 9.39. The first kappa shape index (κ1) is 18.1. The van der Waals surface area contributed by atoms with Gasteiger partial charge < -0.3 is 10.2 Å². The van der Waals surface area contributed by atoms with Crippen LogP contribution in [0.3, 0.4) is 0 Å². The molecule has 0 unspecified atom stereocenters. The number of aromatic nitrogens is 4. The van der Waals surface area contributed by atoms with Gasteiger partial charge in [0.1, 0.15) is 5.82 Å². The lowest BCUT2D eigenvalue weighted by atomic mass is 10.1. The number of likely N-dealkylation sites (tertiary alicyclic amines) is 1. The molecule has 0 bridgehead atoms. The molecule has 8 heteroatoms. The Morgan fingerprint density at radius 1 is 1.25 bits per heavy atom. The van der Waals surface area contributed by atoms with Gasteiger partial charge in [0.05, 0.1) is 5.56 Å². The molecule has 2 amide bonds. The lowest BCUT2D eigenvalue weighted by Crippen LogP contribution is -2.26. The maximum atomic E-state index is 12.5. The number of rotatable bonds is 5. The van der Waals surface area contributed by atoms with E-state index in [-0.39, 0.29) is 17.7 Å². The topological polar surface area (TPSA) is 92.5 Å². The molecule has 0 aromatic carbocycles. The molecule has 28 heavy (non-hydrogen) atoms. The molecule has 3 aromatic rings. The third-order valence-electron chi connectivity index (χ3n) is 5.11. The summed E-state index contributed by atoms with van der Waals surface area (Å²) in [6, 6.07) is 7.42. The Morgan fingerprint density at radius 3 is 2.89 bits per heavy atom. The van der Waals surface area contributed by atoms with Crippen LogP contribution in [-0.4, -0.2) is 55.9 Å². The van der Waals surface area contributed by atoms with E-state index < -0.39 is 0 Å². The standard InChI is InChI=1S/C20H22N6O2/c1-14(27)25-10-7-16(12-25)19-24-23-18-5-4-17(13-26(18)19)20(28)22-9-6-15-3-2-8-21-11-15/h2-5,8,11,13,16H,6-7,9-10,12H2,1H3,(H,22,28)/t16-/m0/s1. The highest BCUT2D eigenvalue weighted by Crippen LogP contribution is 2.26. The molecule has 4 heterocycles. The van der Waals surface area contributed by atoms with Gasteiger partial charge in [0.2, 0.25) is 5.91 Å². The van der Waals surface area contributed by atoms with E-state index in [0.717, 1.165) is 30.8 Å². The number of nitrogens with one attached hydrogen (secondary N) is 1. The molecule has 1 atom stereocenters. The maximum Gasteiger partial charge on any atom is 0.252 e. The minimum absolute atomic E-state index is 0.0741. The van der Waals surface area contributed by atoms with Crippen LogP contribution in [0.15, 0.2) is 42.9 Å². The van der Waals surface area contributed by atoms with E-state index in [1.807, 2.05) is 21.4 Å². The summed E-state index contributed by atoms with van der Waals surface area (Å²) in [5.41, 5.74) is 2.33. The second-order valence-corrected chi connectivity index (χ2v) is 7.02. The third kappa shape index (κ3) is 3.71. The van der Waals surface area contributed by atoms with Crippen LogP contribution in [0.4, 0.5) is 0 Å². The SMILES string of the molecule is CC(=O)N1CC[C@H](c2nnc3ccc(C(=O)NCCc4cccnc4)cn23)C1. The van der Waals surface area contributed by atoms with Crippen molar-refractivity contribution in [2.75, 3.05) is 19.6 Å². The van der Waals surface area contributed by atoms with E-state index in [4.69, 9.17) is 0 Å². The van der Waals surface area contributed by atoms with Crippen LogP contribution in [0, 0.1) is 0 Å². The van der Waals surface area contributed by atoms with E-state index in [2.05, 4.69) is 20.5 Å². The Bertz CT molecular complexity index is 1000. The molecule has 1 fully saturated rings. The first-order valence-corrected chi connectivity index (χ1v) is 9.39. The van der Waals surface area contributed by atoms with Gasteiger partial charge in [-0.2, -0.15) is 0 Å². The zero-order valence-electron chi connectivity index (χ0n) is 15.7. The number of nitrogens with zero attached hydrogens (tertiary/aromatic N) is 5. The normalized spacial score (nSPS) is 16.5. The molecule has 1 N–H and O–H groups in total. The number of fused-ring (bicyclic) bond motifs is 1. The fourth-order valence-electron chi connectivity index (χ4n) is 3.55. The fourth-order valence-corrected chi connectivity index (χ4v) is 3.55. The van der Waals surface area contributed by atoms with E-state index in [1.165, 1.54) is 0 Å². The highest BCUT2D eigenvalue weighted by Gasteiger charge is 2.29. The van der Waals surface area contributed by atoms with E-state index in [9.17, 15) is 9.59 Å². The van der Waals surface area contributed by atoms with Gasteiger partial charge in [0.15, 0.2) is 5.65 Å². The van der Waals surface area contributed by atoms with Crippen molar-refractivity contribution in [3.05, 3.63) is 59.8 Å². The van der Waals surface area contributed by atoms with Gasteiger partial charge in [-0.25, -0.2) is 0 Å². The number of carbonyl (C=O) groups is 2. The Morgan fingerprint density at radius 2 is 2.14 bits per heavy atom. The minimum Gasteiger partial charge on any atom is -0.352 e. The summed E-state index contributed by atoms with van der Waals surface area (Å²) in [4.78, 5) is 30.0. The van der Waals surface area contributed by atoms with Crippen LogP contribution in [0.1, 0.15) is 41.0 Å². The summed E-state index contributed by atoms with van der Waals surface area (Å²) in [5.74, 6) is 0.860. The van der Waals surface area contributed by atoms with E-state index in [1.54, 1.807) is 37.6 Å². The average molecular weight is 378 g/mol. The molecule has 1 aliphatic heterocycles. The van der Waals surface area contributed by atoms with Gasteiger partial charge in [0.25, 0.3) is 5.91 Å². The highest BCUT2D eigenvalue weighted by atomic mass is 16.2. The lowest BCUT2D eigenvalue weighted by molar-refractivity contribution is -0.127. The zero-order valence-corrected chi connectivity index (χ0v) is 15.7. The molecule has 0 saturated carbocycles. The summed E-state index contributed by atoms with van der Waals surface area (Å²) in [5, 5.41) is 11.5. The Kier molecular flexibility index (Phi) is 5.01. The highest BCUT2D eigenvalue weighted by molar-refractivity contribution is 5.94. The van der Waals surface area contributed by atoms with Gasteiger partial charge in [-0.1, -0.05) is 6.07 Å². The largest absolute Gasteiger partial charge is 0.352 e. The molecule has 8 nitrogen and oxygen atoms in total. The van der Waals surface area contributed by atoms with Gasteiger partial charge >= 0.3 is 0 Å². The van der Waals surface area contributed by atoms with Gasteiger partial charge in [0, 0.05) is 51.1 Å². The van der Waals surface area contributed by atoms with Crippen LogP contribution in [0.25, 0.3) is 5.65 Å². The monoisotopic (exact) mass is 378 g/mol. The number of amides is 2. The van der Waals surface area contributed by atoms with Gasteiger partial charge in [-0.15, -0.1) is 10.2 Å². The molecule has 1 aliphatic rings. The van der Waals surface area contributed by atoms with Crippen molar-refractivity contribution in [2.45, 2.75) is 25.7 Å². The first-order chi connectivity index (χ1) is 13.6. The number of carbonyl (C=O) groups excluding carboxylic acids is 2. The van der Waals surface area contributed by atoms with Gasteiger partial charge in [-0.3, -0.25) is 19.0 Å². The smallest absolute Gasteiger partial charge is 0.252 e. The molecule has 144 valence electrons. The number of pyridine rings is 2. The second kappa shape index (κ2) is 7.75. The molecule has 0 radical (unpaired) electrons. The minimum atomic E-state index is -0.137. The van der Waals surface area contributed by atoms with Crippen molar-refractivity contribution >= 4 is 17.5 Å². The fraction of sp³-hybridized carbons (Fsp3) is 0.350. The molecule has 0 spiro atoms. The van der Waals surface area contributed by atoms with Crippen LogP contribution in [0.2, 0.25) is 0 Å². The predicted molar refractivity (Wildman–Crippen MR) is 103 cm³/mol.